The molecule has 3 rings (SSSR count). The SMILES string of the molecule is C\C(=C(Br)/C=C(Cl)\C=C\Br)n1c(C)c(C)c2c(N3CCC(CCO)CC3)cc(C)nc21. The molecule has 0 radical (unpaired) electrons. The fourth-order valence-electron chi connectivity index (χ4n) is 4.41. The molecule has 0 aliphatic carbocycles. The van der Waals surface area contributed by atoms with Crippen LogP contribution in [0.2, 0.25) is 0 Å². The number of hydrogen-bond acceptors (Lipinski definition) is 3. The number of aliphatic hydroxyl groups is 1. The van der Waals surface area contributed by atoms with Gasteiger partial charge < -0.3 is 14.6 Å². The third-order valence-corrected chi connectivity index (χ3v) is 7.54. The second kappa shape index (κ2) is 10.7. The maximum Gasteiger partial charge on any atom is 0.147 e. The summed E-state index contributed by atoms with van der Waals surface area (Å²) in [4.78, 5) is 9.18. The van der Waals surface area contributed by atoms with E-state index >= 15 is 0 Å². The van der Waals surface area contributed by atoms with Crippen LogP contribution in [0, 0.1) is 26.7 Å². The molecule has 0 amide bonds. The number of rotatable bonds is 6. The summed E-state index contributed by atoms with van der Waals surface area (Å²) in [7, 11) is 0. The van der Waals surface area contributed by atoms with Crippen LogP contribution in [0.15, 0.2) is 32.7 Å². The van der Waals surface area contributed by atoms with Crippen LogP contribution >= 0.6 is 43.5 Å². The number of nitrogens with zero attached hydrogens (tertiary/aromatic N) is 3. The van der Waals surface area contributed by atoms with Gasteiger partial charge in [0.05, 0.1) is 0 Å². The highest BCUT2D eigenvalue weighted by atomic mass is 79.9. The van der Waals surface area contributed by atoms with E-state index in [4.69, 9.17) is 16.6 Å². The fraction of sp³-hybridized carbons (Fsp3) is 0.458. The van der Waals surface area contributed by atoms with Gasteiger partial charge in [-0.1, -0.05) is 27.5 Å². The molecule has 1 N–H and O–H groups in total. The van der Waals surface area contributed by atoms with Crippen molar-refractivity contribution in [1.29, 1.82) is 0 Å². The van der Waals surface area contributed by atoms with Gasteiger partial charge in [-0.3, -0.25) is 0 Å². The van der Waals surface area contributed by atoms with Gasteiger partial charge in [0.25, 0.3) is 0 Å². The fourth-order valence-corrected chi connectivity index (χ4v) is 5.58. The molecule has 0 unspecified atom stereocenters. The molecule has 168 valence electrons. The van der Waals surface area contributed by atoms with Gasteiger partial charge in [-0.25, -0.2) is 4.98 Å². The van der Waals surface area contributed by atoms with E-state index in [9.17, 15) is 5.11 Å². The molecule has 7 heteroatoms. The molecule has 2 aromatic heterocycles. The van der Waals surface area contributed by atoms with Crippen molar-refractivity contribution in [2.24, 2.45) is 5.92 Å². The first-order valence-electron chi connectivity index (χ1n) is 10.6. The molecule has 4 nitrogen and oxygen atoms in total. The Hall–Kier alpha value is -1.08. The van der Waals surface area contributed by atoms with E-state index in [1.807, 2.05) is 6.08 Å². The minimum Gasteiger partial charge on any atom is -0.396 e. The summed E-state index contributed by atoms with van der Waals surface area (Å²) in [6.07, 6.45) is 6.85. The maximum atomic E-state index is 9.28. The lowest BCUT2D eigenvalue weighted by Crippen LogP contribution is -2.34. The van der Waals surface area contributed by atoms with Gasteiger partial charge in [0.15, 0.2) is 0 Å². The lowest BCUT2D eigenvalue weighted by Gasteiger charge is -2.34. The first-order valence-corrected chi connectivity index (χ1v) is 12.7. The van der Waals surface area contributed by atoms with Crippen molar-refractivity contribution >= 4 is 65.9 Å². The quantitative estimate of drug-likeness (QED) is 0.374. The normalized spacial score (nSPS) is 17.2. The lowest BCUT2D eigenvalue weighted by atomic mass is 9.93. The molecule has 0 aromatic carbocycles. The molecule has 1 aliphatic rings. The number of halogens is 3. The van der Waals surface area contributed by atoms with Gasteiger partial charge in [0.2, 0.25) is 0 Å². The highest BCUT2D eigenvalue weighted by Crippen LogP contribution is 2.38. The molecule has 0 atom stereocenters. The summed E-state index contributed by atoms with van der Waals surface area (Å²) in [5, 5.41) is 11.1. The summed E-state index contributed by atoms with van der Waals surface area (Å²) in [5.41, 5.74) is 6.74. The van der Waals surface area contributed by atoms with Gasteiger partial charge in [-0.2, -0.15) is 0 Å². The summed E-state index contributed by atoms with van der Waals surface area (Å²) in [5.74, 6) is 0.623. The number of aryl methyl sites for hydroxylation is 2. The monoisotopic (exact) mass is 569 g/mol. The minimum atomic E-state index is 0.287. The zero-order valence-corrected chi connectivity index (χ0v) is 22.5. The van der Waals surface area contributed by atoms with Crippen LogP contribution in [0.25, 0.3) is 16.7 Å². The Bertz CT molecular complexity index is 1050. The molecule has 1 fully saturated rings. The van der Waals surface area contributed by atoms with Crippen molar-refractivity contribution in [1.82, 2.24) is 9.55 Å². The van der Waals surface area contributed by atoms with Crippen LogP contribution in [0.5, 0.6) is 0 Å². The van der Waals surface area contributed by atoms with Crippen LogP contribution in [0.3, 0.4) is 0 Å². The smallest absolute Gasteiger partial charge is 0.147 e. The van der Waals surface area contributed by atoms with E-state index in [1.165, 1.54) is 22.3 Å². The average molecular weight is 572 g/mol. The molecular weight excluding hydrogens is 542 g/mol. The Morgan fingerprint density at radius 3 is 2.58 bits per heavy atom. The second-order valence-corrected chi connectivity index (χ2v) is 10.0. The first kappa shape index (κ1) is 24.6. The zero-order chi connectivity index (χ0) is 22.7. The van der Waals surface area contributed by atoms with Crippen molar-refractivity contribution in [2.75, 3.05) is 24.6 Å². The molecule has 0 saturated carbocycles. The van der Waals surface area contributed by atoms with Crippen LogP contribution in [0.4, 0.5) is 5.69 Å². The van der Waals surface area contributed by atoms with Crippen molar-refractivity contribution in [3.05, 3.63) is 49.7 Å². The Kier molecular flexibility index (Phi) is 8.47. The van der Waals surface area contributed by atoms with Crippen molar-refractivity contribution in [2.45, 2.75) is 47.0 Å². The predicted molar refractivity (Wildman–Crippen MR) is 140 cm³/mol. The number of anilines is 1. The van der Waals surface area contributed by atoms with E-state index in [0.717, 1.165) is 53.9 Å². The van der Waals surface area contributed by atoms with E-state index in [2.05, 4.69) is 75.1 Å². The van der Waals surface area contributed by atoms with Crippen LogP contribution in [-0.2, 0) is 0 Å². The summed E-state index contributed by atoms with van der Waals surface area (Å²) < 4.78 is 3.14. The number of hydrogen-bond donors (Lipinski definition) is 1. The Labute approximate surface area is 206 Å². The third-order valence-electron chi connectivity index (χ3n) is 6.23. The highest BCUT2D eigenvalue weighted by Gasteiger charge is 2.24. The Morgan fingerprint density at radius 1 is 1.29 bits per heavy atom. The molecule has 31 heavy (non-hydrogen) atoms. The molecular formula is C24H30Br2ClN3O. The van der Waals surface area contributed by atoms with E-state index in [1.54, 1.807) is 11.1 Å². The van der Waals surface area contributed by atoms with Crippen LogP contribution < -0.4 is 4.90 Å². The largest absolute Gasteiger partial charge is 0.396 e. The van der Waals surface area contributed by atoms with Crippen LogP contribution in [0.1, 0.15) is 43.1 Å². The van der Waals surface area contributed by atoms with E-state index in [0.29, 0.717) is 11.0 Å². The van der Waals surface area contributed by atoms with Crippen LogP contribution in [-0.4, -0.2) is 34.4 Å². The number of fused-ring (bicyclic) bond motifs is 1. The summed E-state index contributed by atoms with van der Waals surface area (Å²) in [6, 6.07) is 2.22. The summed E-state index contributed by atoms with van der Waals surface area (Å²) in [6.45, 7) is 10.8. The van der Waals surface area contributed by atoms with Gasteiger partial charge >= 0.3 is 0 Å². The molecule has 1 aliphatic heterocycles. The lowest BCUT2D eigenvalue weighted by molar-refractivity contribution is 0.240. The van der Waals surface area contributed by atoms with Crippen molar-refractivity contribution in [3.8, 4) is 0 Å². The number of aliphatic hydroxyl groups excluding tert-OH is 1. The Morgan fingerprint density at radius 2 is 1.97 bits per heavy atom. The van der Waals surface area contributed by atoms with E-state index < -0.39 is 0 Å². The van der Waals surface area contributed by atoms with Crippen molar-refractivity contribution < 1.29 is 5.11 Å². The molecule has 3 heterocycles. The first-order chi connectivity index (χ1) is 14.8. The molecule has 0 bridgehead atoms. The summed E-state index contributed by atoms with van der Waals surface area (Å²) >= 11 is 13.3. The number of aromatic nitrogens is 2. The highest BCUT2D eigenvalue weighted by molar-refractivity contribution is 9.12. The Balaban J connectivity index is 2.11. The number of pyridine rings is 1. The molecule has 2 aromatic rings. The van der Waals surface area contributed by atoms with Crippen molar-refractivity contribution in [3.63, 3.8) is 0 Å². The van der Waals surface area contributed by atoms with E-state index in [-0.39, 0.29) is 6.61 Å². The van der Waals surface area contributed by atoms with Gasteiger partial charge in [0, 0.05) is 57.4 Å². The van der Waals surface area contributed by atoms with Gasteiger partial charge in [-0.05, 0) is 97.6 Å². The maximum absolute atomic E-state index is 9.28. The standard InChI is InChI=1S/C24H30Br2ClN3O/c1-15-13-22(29-10-6-19(7-11-29)8-12-31)23-16(2)17(3)30(24(23)28-15)18(4)21(26)14-20(27)5-9-25/h5,9,13-14,19,31H,6-8,10-12H2,1-4H3/b9-5+,20-14+,21-18-. The topological polar surface area (TPSA) is 41.3 Å². The number of piperidine rings is 1. The third kappa shape index (κ3) is 5.29. The van der Waals surface area contributed by atoms with Gasteiger partial charge in [-0.15, -0.1) is 0 Å². The number of allylic oxidation sites excluding steroid dienone is 5. The minimum absolute atomic E-state index is 0.287. The molecule has 0 spiro atoms. The molecule has 1 saturated heterocycles. The second-order valence-electron chi connectivity index (χ2n) is 8.23. The zero-order valence-electron chi connectivity index (χ0n) is 18.6. The predicted octanol–water partition coefficient (Wildman–Crippen LogP) is 7.18. The average Bonchev–Trinajstić information content (AvgIpc) is 2.98. The van der Waals surface area contributed by atoms with Gasteiger partial charge in [0.1, 0.15) is 5.65 Å².